The summed E-state index contributed by atoms with van der Waals surface area (Å²) in [7, 11) is 0. The molecule has 4 rings (SSSR count). The summed E-state index contributed by atoms with van der Waals surface area (Å²) in [5.74, 6) is 0.938. The molecule has 0 N–H and O–H groups in total. The van der Waals surface area contributed by atoms with Crippen LogP contribution in [0.15, 0.2) is 76.5 Å². The number of nitrogens with zero attached hydrogens (tertiary/aromatic N) is 3. The third-order valence-corrected chi connectivity index (χ3v) is 5.20. The Morgan fingerprint density at radius 3 is 2.45 bits per heavy atom. The maximum Gasteiger partial charge on any atom is 0.192 e. The van der Waals surface area contributed by atoms with Crippen molar-refractivity contribution in [2.24, 2.45) is 0 Å². The largest absolute Gasteiger partial charge is 0.486 e. The summed E-state index contributed by atoms with van der Waals surface area (Å²) in [6.45, 7) is 0.585. The first-order valence-electron chi connectivity index (χ1n) is 8.88. The molecule has 0 saturated heterocycles. The molecule has 2 aromatic carbocycles. The minimum absolute atomic E-state index is 0.00661. The third-order valence-electron chi connectivity index (χ3n) is 4.21. The second-order valence-electron chi connectivity index (χ2n) is 6.15. The van der Waals surface area contributed by atoms with Crippen LogP contribution in [0.5, 0.6) is 5.75 Å². The third kappa shape index (κ3) is 4.65. The van der Waals surface area contributed by atoms with Crippen molar-refractivity contribution in [2.45, 2.75) is 24.1 Å². The number of benzene rings is 2. The van der Waals surface area contributed by atoms with E-state index in [1.807, 2.05) is 41.0 Å². The zero-order chi connectivity index (χ0) is 20.1. The molecule has 0 spiro atoms. The van der Waals surface area contributed by atoms with Gasteiger partial charge in [-0.1, -0.05) is 36.0 Å². The molecule has 0 amide bonds. The molecule has 0 unspecified atom stereocenters. The SMILES string of the molecule is Fc1cccc(F)c1CSc1nnc(COc2ccccc2)n1Cc1ccco1. The normalized spacial score (nSPS) is 11.0. The van der Waals surface area contributed by atoms with E-state index in [4.69, 9.17) is 9.15 Å². The Hall–Kier alpha value is -3.13. The molecule has 0 aliphatic heterocycles. The van der Waals surface area contributed by atoms with Crippen LogP contribution >= 0.6 is 11.8 Å². The zero-order valence-electron chi connectivity index (χ0n) is 15.3. The minimum Gasteiger partial charge on any atom is -0.486 e. The van der Waals surface area contributed by atoms with Gasteiger partial charge >= 0.3 is 0 Å². The average molecular weight is 413 g/mol. The molecule has 148 valence electrons. The summed E-state index contributed by atoms with van der Waals surface area (Å²) < 4.78 is 40.9. The fraction of sp³-hybridized carbons (Fsp3) is 0.143. The Labute approximate surface area is 170 Å². The van der Waals surface area contributed by atoms with Crippen molar-refractivity contribution in [3.8, 4) is 5.75 Å². The highest BCUT2D eigenvalue weighted by Crippen LogP contribution is 2.26. The Kier molecular flexibility index (Phi) is 5.90. The monoisotopic (exact) mass is 413 g/mol. The number of thioether (sulfide) groups is 1. The van der Waals surface area contributed by atoms with Gasteiger partial charge in [-0.2, -0.15) is 0 Å². The maximum atomic E-state index is 13.9. The summed E-state index contributed by atoms with van der Waals surface area (Å²) in [4.78, 5) is 0. The van der Waals surface area contributed by atoms with Gasteiger partial charge in [0.05, 0.1) is 12.8 Å². The van der Waals surface area contributed by atoms with E-state index in [0.717, 1.165) is 0 Å². The molecule has 0 radical (unpaired) electrons. The van der Waals surface area contributed by atoms with Crippen molar-refractivity contribution in [2.75, 3.05) is 0 Å². The van der Waals surface area contributed by atoms with Crippen molar-refractivity contribution in [1.82, 2.24) is 14.8 Å². The van der Waals surface area contributed by atoms with Crippen LogP contribution in [0.1, 0.15) is 17.1 Å². The van der Waals surface area contributed by atoms with Crippen molar-refractivity contribution >= 4 is 11.8 Å². The van der Waals surface area contributed by atoms with Gasteiger partial charge in [0.1, 0.15) is 29.8 Å². The van der Waals surface area contributed by atoms with Gasteiger partial charge in [-0.25, -0.2) is 8.78 Å². The first kappa shape index (κ1) is 19.2. The molecule has 2 heterocycles. The lowest BCUT2D eigenvalue weighted by atomic mass is 10.2. The van der Waals surface area contributed by atoms with Crippen LogP contribution in [0.2, 0.25) is 0 Å². The number of ether oxygens (including phenoxy) is 1. The van der Waals surface area contributed by atoms with Crippen LogP contribution in [0, 0.1) is 11.6 Å². The van der Waals surface area contributed by atoms with E-state index in [0.29, 0.717) is 29.0 Å². The number of halogens is 2. The van der Waals surface area contributed by atoms with Gasteiger partial charge in [-0.05, 0) is 36.4 Å². The van der Waals surface area contributed by atoms with Crippen molar-refractivity contribution in [1.29, 1.82) is 0 Å². The Bertz CT molecular complexity index is 1050. The van der Waals surface area contributed by atoms with Gasteiger partial charge in [-0.3, -0.25) is 4.57 Å². The predicted octanol–water partition coefficient (Wildman–Crippen LogP) is 5.07. The molecule has 2 aromatic heterocycles. The van der Waals surface area contributed by atoms with Crippen LogP contribution in [-0.2, 0) is 18.9 Å². The quantitative estimate of drug-likeness (QED) is 0.378. The zero-order valence-corrected chi connectivity index (χ0v) is 16.1. The van der Waals surface area contributed by atoms with Crippen LogP contribution in [0.4, 0.5) is 8.78 Å². The first-order chi connectivity index (χ1) is 14.2. The molecule has 0 saturated carbocycles. The van der Waals surface area contributed by atoms with Gasteiger partial charge in [-0.15, -0.1) is 10.2 Å². The summed E-state index contributed by atoms with van der Waals surface area (Å²) in [5.41, 5.74) is 0.00661. The molecular formula is C21H17F2N3O2S. The van der Waals surface area contributed by atoms with Crippen LogP contribution in [0.3, 0.4) is 0 Å². The standard InChI is InChI=1S/C21H17F2N3O2S/c22-18-9-4-10-19(23)17(18)14-29-21-25-24-20(13-28-15-6-2-1-3-7-15)26(21)12-16-8-5-11-27-16/h1-11H,12-14H2. The van der Waals surface area contributed by atoms with E-state index in [-0.39, 0.29) is 17.9 Å². The number of hydrogen-bond donors (Lipinski definition) is 0. The lowest BCUT2D eigenvalue weighted by Gasteiger charge is -2.10. The molecule has 0 fully saturated rings. The number of para-hydroxylation sites is 1. The molecule has 0 aliphatic carbocycles. The second-order valence-corrected chi connectivity index (χ2v) is 7.10. The molecule has 4 aromatic rings. The summed E-state index contributed by atoms with van der Waals surface area (Å²) >= 11 is 1.20. The van der Waals surface area contributed by atoms with Gasteiger partial charge < -0.3 is 9.15 Å². The lowest BCUT2D eigenvalue weighted by molar-refractivity contribution is 0.287. The summed E-state index contributed by atoms with van der Waals surface area (Å²) in [6.07, 6.45) is 1.58. The second kappa shape index (κ2) is 8.91. The van der Waals surface area contributed by atoms with Crippen LogP contribution < -0.4 is 4.74 Å². The van der Waals surface area contributed by atoms with Crippen molar-refractivity contribution in [3.05, 3.63) is 95.7 Å². The molecule has 0 atom stereocenters. The van der Waals surface area contributed by atoms with Gasteiger partial charge in [0.15, 0.2) is 11.0 Å². The van der Waals surface area contributed by atoms with Gasteiger partial charge in [0, 0.05) is 11.3 Å². The summed E-state index contributed by atoms with van der Waals surface area (Å²) in [5, 5.41) is 8.92. The van der Waals surface area contributed by atoms with Gasteiger partial charge in [0.25, 0.3) is 0 Å². The van der Waals surface area contributed by atoms with E-state index in [1.54, 1.807) is 12.3 Å². The average Bonchev–Trinajstić information content (AvgIpc) is 3.38. The van der Waals surface area contributed by atoms with Crippen LogP contribution in [-0.4, -0.2) is 14.8 Å². The maximum absolute atomic E-state index is 13.9. The first-order valence-corrected chi connectivity index (χ1v) is 9.87. The molecule has 29 heavy (non-hydrogen) atoms. The molecule has 0 aliphatic rings. The Morgan fingerprint density at radius 1 is 0.931 bits per heavy atom. The fourth-order valence-corrected chi connectivity index (χ4v) is 3.69. The van der Waals surface area contributed by atoms with E-state index < -0.39 is 11.6 Å². The Morgan fingerprint density at radius 2 is 1.72 bits per heavy atom. The molecule has 8 heteroatoms. The van der Waals surface area contributed by atoms with E-state index in [9.17, 15) is 8.78 Å². The van der Waals surface area contributed by atoms with E-state index in [2.05, 4.69) is 10.2 Å². The van der Waals surface area contributed by atoms with E-state index in [1.165, 1.54) is 30.0 Å². The Balaban J connectivity index is 1.55. The molecular weight excluding hydrogens is 396 g/mol. The highest BCUT2D eigenvalue weighted by molar-refractivity contribution is 7.98. The highest BCUT2D eigenvalue weighted by Gasteiger charge is 2.17. The fourth-order valence-electron chi connectivity index (χ4n) is 2.72. The topological polar surface area (TPSA) is 53.1 Å². The molecule has 0 bridgehead atoms. The van der Waals surface area contributed by atoms with Crippen LogP contribution in [0.25, 0.3) is 0 Å². The number of rotatable bonds is 8. The van der Waals surface area contributed by atoms with E-state index >= 15 is 0 Å². The number of furan rings is 1. The predicted molar refractivity (Wildman–Crippen MR) is 105 cm³/mol. The van der Waals surface area contributed by atoms with Crippen molar-refractivity contribution < 1.29 is 17.9 Å². The molecule has 5 nitrogen and oxygen atoms in total. The lowest BCUT2D eigenvalue weighted by Crippen LogP contribution is -2.09. The smallest absolute Gasteiger partial charge is 0.192 e. The summed E-state index contributed by atoms with van der Waals surface area (Å²) in [6, 6.07) is 16.8. The van der Waals surface area contributed by atoms with Crippen molar-refractivity contribution in [3.63, 3.8) is 0 Å². The number of aromatic nitrogens is 3. The minimum atomic E-state index is -0.581. The highest BCUT2D eigenvalue weighted by atomic mass is 32.2. The van der Waals surface area contributed by atoms with Gasteiger partial charge in [0.2, 0.25) is 0 Å². The number of hydrogen-bond acceptors (Lipinski definition) is 5.